The second kappa shape index (κ2) is 8.31. The Bertz CT molecular complexity index is 742. The van der Waals surface area contributed by atoms with E-state index in [4.69, 9.17) is 4.74 Å². The van der Waals surface area contributed by atoms with Gasteiger partial charge in [-0.05, 0) is 0 Å². The molecule has 2 amide bonds. The van der Waals surface area contributed by atoms with Gasteiger partial charge in [-0.15, -0.1) is 11.3 Å². The van der Waals surface area contributed by atoms with Crippen molar-refractivity contribution in [2.45, 2.75) is 26.3 Å². The topological polar surface area (TPSA) is 83.5 Å². The molecule has 1 aliphatic rings. The molecule has 1 saturated heterocycles. The Balaban J connectivity index is 1.48. The minimum Gasteiger partial charge on any atom is -0.481 e. The highest BCUT2D eigenvalue weighted by atomic mass is 32.1. The molecule has 1 aliphatic heterocycles. The maximum Gasteiger partial charge on any atom is 0.317 e. The van der Waals surface area contributed by atoms with Gasteiger partial charge in [0, 0.05) is 49.7 Å². The third-order valence-corrected chi connectivity index (χ3v) is 5.35. The Labute approximate surface area is 157 Å². The lowest BCUT2D eigenvalue weighted by Crippen LogP contribution is -2.52. The van der Waals surface area contributed by atoms with Crippen LogP contribution in [0.5, 0.6) is 5.88 Å². The number of rotatable bonds is 5. The fraction of sp³-hybridized carbons (Fsp3) is 0.529. The predicted molar refractivity (Wildman–Crippen MR) is 101 cm³/mol. The molecule has 0 spiro atoms. The van der Waals surface area contributed by atoms with Crippen LogP contribution in [-0.2, 0) is 6.54 Å². The summed E-state index contributed by atoms with van der Waals surface area (Å²) in [5.41, 5.74) is 0.912. The van der Waals surface area contributed by atoms with Crippen LogP contribution in [0.3, 0.4) is 0 Å². The summed E-state index contributed by atoms with van der Waals surface area (Å²) >= 11 is 1.64. The molecule has 26 heavy (non-hydrogen) atoms. The standard InChI is InChI=1S/C17H24N6O2S/c1-12(2)15-20-13(11-26-15)10-19-17(24)23-8-6-22(7-9-23)16-18-5-4-14(21-16)25-3/h4-5,11-12H,6-10H2,1-3H3,(H,19,24). The predicted octanol–water partition coefficient (Wildman–Crippen LogP) is 2.10. The van der Waals surface area contributed by atoms with Crippen LogP contribution in [0.4, 0.5) is 10.7 Å². The number of hydrogen-bond acceptors (Lipinski definition) is 7. The molecule has 0 bridgehead atoms. The Morgan fingerprint density at radius 3 is 2.73 bits per heavy atom. The molecular formula is C17H24N6O2S. The van der Waals surface area contributed by atoms with Crippen molar-refractivity contribution in [3.8, 4) is 5.88 Å². The van der Waals surface area contributed by atoms with Gasteiger partial charge in [-0.3, -0.25) is 0 Å². The zero-order chi connectivity index (χ0) is 18.5. The second-order valence-corrected chi connectivity index (χ2v) is 7.25. The van der Waals surface area contributed by atoms with Gasteiger partial charge >= 0.3 is 6.03 Å². The number of piperazine rings is 1. The third kappa shape index (κ3) is 4.40. The Morgan fingerprint density at radius 2 is 2.08 bits per heavy atom. The van der Waals surface area contributed by atoms with Gasteiger partial charge in [0.2, 0.25) is 11.8 Å². The fourth-order valence-corrected chi connectivity index (χ4v) is 3.49. The number of methoxy groups -OCH3 is 1. The van der Waals surface area contributed by atoms with E-state index < -0.39 is 0 Å². The van der Waals surface area contributed by atoms with Crippen LogP contribution in [0, 0.1) is 0 Å². The van der Waals surface area contributed by atoms with Crippen LogP contribution in [-0.4, -0.2) is 59.2 Å². The number of nitrogens with zero attached hydrogens (tertiary/aromatic N) is 5. The molecule has 140 valence electrons. The molecule has 1 fully saturated rings. The van der Waals surface area contributed by atoms with Crippen LogP contribution in [0.15, 0.2) is 17.6 Å². The lowest BCUT2D eigenvalue weighted by molar-refractivity contribution is 0.193. The molecule has 0 atom stereocenters. The highest BCUT2D eigenvalue weighted by Gasteiger charge is 2.22. The highest BCUT2D eigenvalue weighted by Crippen LogP contribution is 2.19. The summed E-state index contributed by atoms with van der Waals surface area (Å²) in [6.45, 7) is 7.33. The lowest BCUT2D eigenvalue weighted by atomic mass is 10.2. The van der Waals surface area contributed by atoms with Crippen LogP contribution < -0.4 is 15.0 Å². The molecule has 0 radical (unpaired) electrons. The van der Waals surface area contributed by atoms with Crippen molar-refractivity contribution in [1.82, 2.24) is 25.2 Å². The van der Waals surface area contributed by atoms with E-state index in [1.807, 2.05) is 10.3 Å². The number of aromatic nitrogens is 3. The Hall–Kier alpha value is -2.42. The summed E-state index contributed by atoms with van der Waals surface area (Å²) in [5, 5.41) is 6.06. The number of ether oxygens (including phenoxy) is 1. The van der Waals surface area contributed by atoms with E-state index in [9.17, 15) is 4.79 Å². The second-order valence-electron chi connectivity index (χ2n) is 6.36. The van der Waals surface area contributed by atoms with Crippen LogP contribution >= 0.6 is 11.3 Å². The molecule has 3 heterocycles. The maximum atomic E-state index is 12.4. The van der Waals surface area contributed by atoms with Crippen molar-refractivity contribution < 1.29 is 9.53 Å². The number of hydrogen-bond donors (Lipinski definition) is 1. The molecule has 9 heteroatoms. The van der Waals surface area contributed by atoms with Crippen molar-refractivity contribution in [1.29, 1.82) is 0 Å². The first-order chi connectivity index (χ1) is 12.6. The zero-order valence-electron chi connectivity index (χ0n) is 15.3. The van der Waals surface area contributed by atoms with Crippen molar-refractivity contribution in [2.75, 3.05) is 38.2 Å². The van der Waals surface area contributed by atoms with E-state index in [0.717, 1.165) is 10.7 Å². The third-order valence-electron chi connectivity index (χ3n) is 4.16. The number of amides is 2. The molecule has 0 saturated carbocycles. The summed E-state index contributed by atoms with van der Waals surface area (Å²) in [6.07, 6.45) is 1.68. The fourth-order valence-electron chi connectivity index (χ4n) is 2.65. The van der Waals surface area contributed by atoms with Gasteiger partial charge in [0.1, 0.15) is 0 Å². The summed E-state index contributed by atoms with van der Waals surface area (Å²) in [4.78, 5) is 29.4. The van der Waals surface area contributed by atoms with Crippen LogP contribution in [0.25, 0.3) is 0 Å². The Morgan fingerprint density at radius 1 is 1.31 bits per heavy atom. The van der Waals surface area contributed by atoms with Gasteiger partial charge in [0.05, 0.1) is 24.4 Å². The van der Waals surface area contributed by atoms with E-state index in [2.05, 4.69) is 39.0 Å². The van der Waals surface area contributed by atoms with Gasteiger partial charge < -0.3 is 19.9 Å². The summed E-state index contributed by atoms with van der Waals surface area (Å²) in [7, 11) is 1.58. The van der Waals surface area contributed by atoms with E-state index in [1.54, 1.807) is 30.7 Å². The van der Waals surface area contributed by atoms with Crippen LogP contribution in [0.2, 0.25) is 0 Å². The van der Waals surface area contributed by atoms with Gasteiger partial charge in [-0.2, -0.15) is 4.98 Å². The molecule has 1 N–H and O–H groups in total. The summed E-state index contributed by atoms with van der Waals surface area (Å²) in [5.74, 6) is 1.59. The smallest absolute Gasteiger partial charge is 0.317 e. The SMILES string of the molecule is COc1ccnc(N2CCN(C(=O)NCc3csc(C(C)C)n3)CC2)n1. The molecule has 0 aromatic carbocycles. The molecule has 0 unspecified atom stereocenters. The normalized spacial score (nSPS) is 14.6. The van der Waals surface area contributed by atoms with Gasteiger partial charge in [-0.25, -0.2) is 14.8 Å². The monoisotopic (exact) mass is 376 g/mol. The molecular weight excluding hydrogens is 352 g/mol. The molecule has 2 aromatic rings. The first kappa shape index (κ1) is 18.4. The number of anilines is 1. The molecule has 2 aromatic heterocycles. The van der Waals surface area contributed by atoms with E-state index in [0.29, 0.717) is 50.5 Å². The largest absolute Gasteiger partial charge is 0.481 e. The number of carbonyl (C=O) groups is 1. The summed E-state index contributed by atoms with van der Waals surface area (Å²) in [6, 6.07) is 1.66. The lowest BCUT2D eigenvalue weighted by Gasteiger charge is -2.34. The van der Waals surface area contributed by atoms with Crippen molar-refractivity contribution in [3.05, 3.63) is 28.3 Å². The number of carbonyl (C=O) groups excluding carboxylic acids is 1. The van der Waals surface area contributed by atoms with Gasteiger partial charge in [-0.1, -0.05) is 13.8 Å². The minimum atomic E-state index is -0.0599. The first-order valence-electron chi connectivity index (χ1n) is 8.66. The average Bonchev–Trinajstić information content (AvgIpc) is 3.16. The van der Waals surface area contributed by atoms with E-state index in [1.165, 1.54) is 0 Å². The van der Waals surface area contributed by atoms with E-state index in [-0.39, 0.29) is 6.03 Å². The van der Waals surface area contributed by atoms with Crippen LogP contribution in [0.1, 0.15) is 30.5 Å². The summed E-state index contributed by atoms with van der Waals surface area (Å²) < 4.78 is 5.14. The van der Waals surface area contributed by atoms with Crippen molar-refractivity contribution in [2.24, 2.45) is 0 Å². The van der Waals surface area contributed by atoms with Crippen molar-refractivity contribution in [3.63, 3.8) is 0 Å². The number of nitrogens with one attached hydrogen (secondary N) is 1. The van der Waals surface area contributed by atoms with Gasteiger partial charge in [0.25, 0.3) is 0 Å². The van der Waals surface area contributed by atoms with Crippen molar-refractivity contribution >= 4 is 23.3 Å². The quantitative estimate of drug-likeness (QED) is 0.860. The number of thiazole rings is 1. The maximum absolute atomic E-state index is 12.4. The number of urea groups is 1. The first-order valence-corrected chi connectivity index (χ1v) is 9.54. The van der Waals surface area contributed by atoms with Gasteiger partial charge in [0.15, 0.2) is 0 Å². The van der Waals surface area contributed by atoms with E-state index >= 15 is 0 Å². The molecule has 8 nitrogen and oxygen atoms in total. The average molecular weight is 376 g/mol. The highest BCUT2D eigenvalue weighted by molar-refractivity contribution is 7.09. The molecule has 0 aliphatic carbocycles. The Kier molecular flexibility index (Phi) is 5.87. The molecule has 3 rings (SSSR count). The minimum absolute atomic E-state index is 0.0599. The zero-order valence-corrected chi connectivity index (χ0v) is 16.1.